The van der Waals surface area contributed by atoms with Crippen molar-refractivity contribution in [3.63, 3.8) is 0 Å². The molecular formula is C12H15N5O. The van der Waals surface area contributed by atoms with E-state index in [2.05, 4.69) is 11.9 Å². The predicted octanol–water partition coefficient (Wildman–Crippen LogP) is 0.969. The largest absolute Gasteiger partial charge is 0.386 e. The molecule has 1 aromatic heterocycles. The number of nitrogens with zero attached hydrogens (tertiary/aromatic N) is 2. The highest BCUT2D eigenvalue weighted by Gasteiger charge is 2.15. The summed E-state index contributed by atoms with van der Waals surface area (Å²) in [5.74, 6) is 0.560. The number of hydrogen-bond donors (Lipinski definition) is 3. The van der Waals surface area contributed by atoms with E-state index in [0.29, 0.717) is 17.9 Å². The van der Waals surface area contributed by atoms with E-state index < -0.39 is 5.56 Å². The lowest BCUT2D eigenvalue weighted by molar-refractivity contribution is 0.731. The van der Waals surface area contributed by atoms with Gasteiger partial charge in [-0.05, 0) is 19.9 Å². The number of nitrogens with one attached hydrogen (secondary N) is 2. The summed E-state index contributed by atoms with van der Waals surface area (Å²) < 4.78 is 1.37. The van der Waals surface area contributed by atoms with Crippen molar-refractivity contribution in [3.05, 3.63) is 39.9 Å². The van der Waals surface area contributed by atoms with Gasteiger partial charge in [-0.3, -0.25) is 9.36 Å². The molecule has 0 amide bonds. The Hall–Kier alpha value is -2.55. The summed E-state index contributed by atoms with van der Waals surface area (Å²) in [5, 5.41) is 19.4. The molecule has 0 aliphatic rings. The Morgan fingerprint density at radius 3 is 2.72 bits per heavy atom. The Morgan fingerprint density at radius 1 is 1.72 bits per heavy atom. The molecule has 1 rings (SSSR count). The van der Waals surface area contributed by atoms with Crippen LogP contribution in [0.5, 0.6) is 0 Å². The maximum atomic E-state index is 12.0. The summed E-state index contributed by atoms with van der Waals surface area (Å²) in [6, 6.07) is 3.23. The van der Waals surface area contributed by atoms with Gasteiger partial charge >= 0.3 is 0 Å². The van der Waals surface area contributed by atoms with Gasteiger partial charge in [0.15, 0.2) is 0 Å². The first-order valence-corrected chi connectivity index (χ1v) is 5.37. The highest BCUT2D eigenvalue weighted by atomic mass is 16.1. The van der Waals surface area contributed by atoms with Crippen molar-refractivity contribution < 1.29 is 0 Å². The second-order valence-electron chi connectivity index (χ2n) is 3.76. The molecule has 0 spiro atoms. The first-order chi connectivity index (χ1) is 8.42. The molecule has 18 heavy (non-hydrogen) atoms. The molecule has 1 heterocycles. The van der Waals surface area contributed by atoms with Gasteiger partial charge in [-0.15, -0.1) is 0 Å². The van der Waals surface area contributed by atoms with E-state index in [1.165, 1.54) is 10.6 Å². The van der Waals surface area contributed by atoms with Gasteiger partial charge in [0.1, 0.15) is 17.5 Å². The molecule has 0 aromatic carbocycles. The third-order valence-corrected chi connectivity index (χ3v) is 2.41. The normalized spacial score (nSPS) is 9.61. The van der Waals surface area contributed by atoms with Crippen molar-refractivity contribution in [3.8, 4) is 6.07 Å². The molecule has 94 valence electrons. The molecule has 0 atom stereocenters. The zero-order valence-electron chi connectivity index (χ0n) is 10.4. The van der Waals surface area contributed by atoms with Crippen molar-refractivity contribution in [1.29, 1.82) is 10.7 Å². The maximum Gasteiger partial charge on any atom is 0.270 e. The maximum absolute atomic E-state index is 12.0. The van der Waals surface area contributed by atoms with Gasteiger partial charge in [0.05, 0.1) is 5.82 Å². The van der Waals surface area contributed by atoms with Crippen LogP contribution in [-0.2, 0) is 6.54 Å². The molecule has 0 unspecified atom stereocenters. The van der Waals surface area contributed by atoms with Crippen LogP contribution < -0.4 is 16.6 Å². The first-order valence-electron chi connectivity index (χ1n) is 5.37. The quantitative estimate of drug-likeness (QED) is 0.687. The van der Waals surface area contributed by atoms with Crippen LogP contribution in [-0.4, -0.2) is 10.3 Å². The van der Waals surface area contributed by atoms with Crippen molar-refractivity contribution in [2.75, 3.05) is 5.32 Å². The lowest BCUT2D eigenvalue weighted by Crippen LogP contribution is -2.28. The number of nitriles is 1. The van der Waals surface area contributed by atoms with Gasteiger partial charge in [0.2, 0.25) is 0 Å². The predicted molar refractivity (Wildman–Crippen MR) is 70.5 cm³/mol. The standard InChI is InChI=1S/C12H15N5O/c1-4-17-11(16-8(3)15)10(7(2)14)5-9(6-13)12(17)18/h5,14,16H,3-4,15H2,1-2H3. The number of pyridine rings is 1. The molecular weight excluding hydrogens is 230 g/mol. The van der Waals surface area contributed by atoms with E-state index >= 15 is 0 Å². The van der Waals surface area contributed by atoms with Crippen molar-refractivity contribution >= 4 is 11.5 Å². The molecule has 1 aromatic rings. The number of nitrogens with two attached hydrogens (primary N) is 1. The fraction of sp³-hybridized carbons (Fsp3) is 0.250. The van der Waals surface area contributed by atoms with Crippen LogP contribution in [0.15, 0.2) is 23.3 Å². The van der Waals surface area contributed by atoms with Crippen LogP contribution in [0.2, 0.25) is 0 Å². The van der Waals surface area contributed by atoms with Crippen LogP contribution in [0.1, 0.15) is 25.0 Å². The van der Waals surface area contributed by atoms with Gasteiger partial charge in [-0.1, -0.05) is 6.58 Å². The third-order valence-electron chi connectivity index (χ3n) is 2.41. The topological polar surface area (TPSA) is 108 Å². The molecule has 0 aliphatic heterocycles. The van der Waals surface area contributed by atoms with E-state index in [1.54, 1.807) is 13.8 Å². The fourth-order valence-electron chi connectivity index (χ4n) is 1.62. The molecule has 4 N–H and O–H groups in total. The summed E-state index contributed by atoms with van der Waals surface area (Å²) in [4.78, 5) is 12.0. The van der Waals surface area contributed by atoms with Crippen LogP contribution >= 0.6 is 0 Å². The van der Waals surface area contributed by atoms with Crippen molar-refractivity contribution in [2.24, 2.45) is 5.73 Å². The average Bonchev–Trinajstić information content (AvgIpc) is 2.28. The van der Waals surface area contributed by atoms with Gasteiger partial charge in [-0.25, -0.2) is 0 Å². The zero-order valence-corrected chi connectivity index (χ0v) is 10.4. The van der Waals surface area contributed by atoms with Gasteiger partial charge < -0.3 is 16.5 Å². The monoisotopic (exact) mass is 245 g/mol. The van der Waals surface area contributed by atoms with Gasteiger partial charge in [0.25, 0.3) is 5.56 Å². The minimum absolute atomic E-state index is 0.00614. The lowest BCUT2D eigenvalue weighted by Gasteiger charge is -2.17. The highest BCUT2D eigenvalue weighted by molar-refractivity contribution is 6.01. The Labute approximate surface area is 105 Å². The molecule has 0 aliphatic carbocycles. The number of rotatable bonds is 4. The summed E-state index contributed by atoms with van der Waals surface area (Å²) in [6.07, 6.45) is 0. The summed E-state index contributed by atoms with van der Waals surface area (Å²) in [5.41, 5.74) is 5.77. The van der Waals surface area contributed by atoms with Crippen LogP contribution in [0.4, 0.5) is 5.82 Å². The van der Waals surface area contributed by atoms with E-state index in [4.69, 9.17) is 16.4 Å². The summed E-state index contributed by atoms with van der Waals surface area (Å²) >= 11 is 0. The Kier molecular flexibility index (Phi) is 3.89. The molecule has 0 fully saturated rings. The van der Waals surface area contributed by atoms with Crippen LogP contribution in [0.25, 0.3) is 0 Å². The van der Waals surface area contributed by atoms with E-state index in [0.717, 1.165) is 0 Å². The average molecular weight is 245 g/mol. The van der Waals surface area contributed by atoms with E-state index in [-0.39, 0.29) is 17.1 Å². The van der Waals surface area contributed by atoms with E-state index in [1.807, 2.05) is 6.07 Å². The van der Waals surface area contributed by atoms with Gasteiger partial charge in [-0.2, -0.15) is 5.26 Å². The van der Waals surface area contributed by atoms with E-state index in [9.17, 15) is 4.79 Å². The Morgan fingerprint density at radius 2 is 2.33 bits per heavy atom. The van der Waals surface area contributed by atoms with Crippen LogP contribution in [0.3, 0.4) is 0 Å². The minimum atomic E-state index is -0.409. The minimum Gasteiger partial charge on any atom is -0.386 e. The Bertz CT molecular complexity index is 606. The van der Waals surface area contributed by atoms with Gasteiger partial charge in [0, 0.05) is 17.8 Å². The zero-order chi connectivity index (χ0) is 13.9. The van der Waals surface area contributed by atoms with Crippen molar-refractivity contribution in [1.82, 2.24) is 4.57 Å². The number of anilines is 1. The molecule has 0 saturated carbocycles. The Balaban J connectivity index is 3.69. The number of aromatic nitrogens is 1. The summed E-state index contributed by atoms with van der Waals surface area (Å²) in [6.45, 7) is 7.23. The molecule has 6 heteroatoms. The smallest absolute Gasteiger partial charge is 0.270 e. The molecule has 0 bridgehead atoms. The lowest BCUT2D eigenvalue weighted by atomic mass is 10.1. The summed E-state index contributed by atoms with van der Waals surface area (Å²) in [7, 11) is 0. The number of hydrogen-bond acceptors (Lipinski definition) is 5. The van der Waals surface area contributed by atoms with Crippen molar-refractivity contribution in [2.45, 2.75) is 20.4 Å². The fourth-order valence-corrected chi connectivity index (χ4v) is 1.62. The second-order valence-corrected chi connectivity index (χ2v) is 3.76. The third kappa shape index (κ3) is 2.40. The first kappa shape index (κ1) is 13.5. The molecule has 0 saturated heterocycles. The van der Waals surface area contributed by atoms with Crippen LogP contribution in [0, 0.1) is 16.7 Å². The molecule has 0 radical (unpaired) electrons. The second kappa shape index (κ2) is 5.19. The highest BCUT2D eigenvalue weighted by Crippen LogP contribution is 2.16. The SMILES string of the molecule is C=C(N)Nc1c(C(C)=N)cc(C#N)c(=O)n1CC. The molecule has 6 nitrogen and oxygen atoms in total.